The first-order chi connectivity index (χ1) is 10.2. The molecule has 1 aromatic carbocycles. The Morgan fingerprint density at radius 3 is 2.95 bits per heavy atom. The molecule has 1 saturated heterocycles. The van der Waals surface area contributed by atoms with E-state index in [1.54, 1.807) is 0 Å². The second kappa shape index (κ2) is 6.44. The van der Waals surface area contributed by atoms with Crippen LogP contribution in [0.15, 0.2) is 18.2 Å². The molecule has 3 rings (SSSR count). The molecule has 2 aliphatic rings. The van der Waals surface area contributed by atoms with Crippen molar-refractivity contribution in [3.05, 3.63) is 34.9 Å². The number of nitrogens with one attached hydrogen (secondary N) is 1. The third-order valence-corrected chi connectivity index (χ3v) is 5.08. The van der Waals surface area contributed by atoms with Crippen LogP contribution in [0.3, 0.4) is 0 Å². The first-order valence-electron chi connectivity index (χ1n) is 8.17. The standard InChI is InChI=1S/C17H28N4/c1-13-5-3-6-14-16(21-9-4-7-19-8-10-21)12-20(2)15(11-18)17(13)14/h3,5-6,15-16,19H,4,7-12,18H2,1-2H3. The van der Waals surface area contributed by atoms with Crippen molar-refractivity contribution in [2.75, 3.05) is 46.3 Å². The van der Waals surface area contributed by atoms with Gasteiger partial charge in [0.1, 0.15) is 0 Å². The largest absolute Gasteiger partial charge is 0.329 e. The molecule has 2 aliphatic heterocycles. The number of fused-ring (bicyclic) bond motifs is 1. The lowest BCUT2D eigenvalue weighted by Gasteiger charge is -2.43. The Morgan fingerprint density at radius 2 is 2.14 bits per heavy atom. The highest BCUT2D eigenvalue weighted by Crippen LogP contribution is 2.38. The van der Waals surface area contributed by atoms with Gasteiger partial charge in [0, 0.05) is 44.8 Å². The number of hydrogen-bond donors (Lipinski definition) is 2. The molecule has 0 spiro atoms. The van der Waals surface area contributed by atoms with Crippen LogP contribution in [-0.4, -0.2) is 56.1 Å². The van der Waals surface area contributed by atoms with Gasteiger partial charge in [-0.2, -0.15) is 0 Å². The van der Waals surface area contributed by atoms with Gasteiger partial charge >= 0.3 is 0 Å². The van der Waals surface area contributed by atoms with E-state index in [9.17, 15) is 0 Å². The van der Waals surface area contributed by atoms with E-state index in [1.165, 1.54) is 29.7 Å². The predicted molar refractivity (Wildman–Crippen MR) is 87.4 cm³/mol. The van der Waals surface area contributed by atoms with Crippen LogP contribution in [0.25, 0.3) is 0 Å². The fraction of sp³-hybridized carbons (Fsp3) is 0.647. The van der Waals surface area contributed by atoms with E-state index in [4.69, 9.17) is 5.73 Å². The number of hydrogen-bond acceptors (Lipinski definition) is 4. The number of nitrogens with zero attached hydrogens (tertiary/aromatic N) is 2. The molecule has 1 aromatic rings. The van der Waals surface area contributed by atoms with Gasteiger partial charge in [-0.05, 0) is 43.6 Å². The monoisotopic (exact) mass is 288 g/mol. The van der Waals surface area contributed by atoms with Crippen LogP contribution in [0.5, 0.6) is 0 Å². The molecule has 4 nitrogen and oxygen atoms in total. The van der Waals surface area contributed by atoms with Crippen molar-refractivity contribution in [1.29, 1.82) is 0 Å². The Bertz CT molecular complexity index is 480. The second-order valence-corrected chi connectivity index (χ2v) is 6.42. The number of aryl methyl sites for hydroxylation is 1. The van der Waals surface area contributed by atoms with Crippen LogP contribution < -0.4 is 11.1 Å². The summed E-state index contributed by atoms with van der Waals surface area (Å²) in [4.78, 5) is 5.10. The molecule has 21 heavy (non-hydrogen) atoms. The lowest BCUT2D eigenvalue weighted by Crippen LogP contribution is -2.45. The molecule has 4 heteroatoms. The average molecular weight is 288 g/mol. The Balaban J connectivity index is 1.97. The fourth-order valence-corrected chi connectivity index (χ4v) is 3.96. The van der Waals surface area contributed by atoms with Gasteiger partial charge in [-0.15, -0.1) is 0 Å². The van der Waals surface area contributed by atoms with Gasteiger partial charge in [0.15, 0.2) is 0 Å². The van der Waals surface area contributed by atoms with E-state index < -0.39 is 0 Å². The summed E-state index contributed by atoms with van der Waals surface area (Å²) in [6.45, 7) is 8.57. The number of nitrogens with two attached hydrogens (primary N) is 1. The smallest absolute Gasteiger partial charge is 0.0479 e. The molecule has 2 atom stereocenters. The van der Waals surface area contributed by atoms with Gasteiger partial charge < -0.3 is 11.1 Å². The Kier molecular flexibility index (Phi) is 4.60. The summed E-state index contributed by atoms with van der Waals surface area (Å²) in [5, 5.41) is 3.51. The minimum Gasteiger partial charge on any atom is -0.329 e. The minimum absolute atomic E-state index is 0.363. The summed E-state index contributed by atoms with van der Waals surface area (Å²) in [7, 11) is 2.22. The van der Waals surface area contributed by atoms with E-state index >= 15 is 0 Å². The topological polar surface area (TPSA) is 44.5 Å². The molecule has 0 radical (unpaired) electrons. The second-order valence-electron chi connectivity index (χ2n) is 6.42. The summed E-state index contributed by atoms with van der Waals surface area (Å²) in [6, 6.07) is 7.62. The third-order valence-electron chi connectivity index (χ3n) is 5.08. The van der Waals surface area contributed by atoms with Crippen LogP contribution in [0.2, 0.25) is 0 Å². The molecule has 0 bridgehead atoms. The van der Waals surface area contributed by atoms with Gasteiger partial charge in [0.25, 0.3) is 0 Å². The summed E-state index contributed by atoms with van der Waals surface area (Å²) < 4.78 is 0. The number of benzene rings is 1. The Hall–Kier alpha value is -0.940. The van der Waals surface area contributed by atoms with Crippen LogP contribution >= 0.6 is 0 Å². The lowest BCUT2D eigenvalue weighted by atomic mass is 9.86. The van der Waals surface area contributed by atoms with Crippen LogP contribution in [-0.2, 0) is 0 Å². The molecule has 0 aromatic heterocycles. The number of rotatable bonds is 2. The van der Waals surface area contributed by atoms with Gasteiger partial charge in [-0.25, -0.2) is 0 Å². The van der Waals surface area contributed by atoms with E-state index in [0.717, 1.165) is 26.2 Å². The zero-order valence-electron chi connectivity index (χ0n) is 13.3. The van der Waals surface area contributed by atoms with Crippen LogP contribution in [0, 0.1) is 6.92 Å². The highest BCUT2D eigenvalue weighted by Gasteiger charge is 2.34. The maximum absolute atomic E-state index is 6.06. The van der Waals surface area contributed by atoms with Gasteiger partial charge in [0.05, 0.1) is 0 Å². The molecule has 0 amide bonds. The van der Waals surface area contributed by atoms with E-state index in [1.807, 2.05) is 0 Å². The van der Waals surface area contributed by atoms with Crippen LogP contribution in [0.4, 0.5) is 0 Å². The predicted octanol–water partition coefficient (Wildman–Crippen LogP) is 1.28. The van der Waals surface area contributed by atoms with Crippen molar-refractivity contribution in [2.45, 2.75) is 25.4 Å². The maximum Gasteiger partial charge on any atom is 0.0479 e. The van der Waals surface area contributed by atoms with Gasteiger partial charge in [-0.3, -0.25) is 9.80 Å². The minimum atomic E-state index is 0.363. The quantitative estimate of drug-likeness (QED) is 0.860. The SMILES string of the molecule is Cc1cccc2c1C(CN)N(C)CC2N1CCCNCC1. The fourth-order valence-electron chi connectivity index (χ4n) is 3.96. The first kappa shape index (κ1) is 15.0. The van der Waals surface area contributed by atoms with Crippen molar-refractivity contribution >= 4 is 0 Å². The zero-order chi connectivity index (χ0) is 14.8. The molecule has 1 fully saturated rings. The van der Waals surface area contributed by atoms with E-state index in [2.05, 4.69) is 47.3 Å². The van der Waals surface area contributed by atoms with Crippen molar-refractivity contribution in [2.24, 2.45) is 5.73 Å². The maximum atomic E-state index is 6.06. The Morgan fingerprint density at radius 1 is 1.29 bits per heavy atom. The number of likely N-dealkylation sites (N-methyl/N-ethyl adjacent to an activating group) is 1. The van der Waals surface area contributed by atoms with Crippen molar-refractivity contribution in [3.63, 3.8) is 0 Å². The van der Waals surface area contributed by atoms with Crippen molar-refractivity contribution in [3.8, 4) is 0 Å². The summed E-state index contributed by atoms with van der Waals surface area (Å²) in [5.74, 6) is 0. The van der Waals surface area contributed by atoms with Crippen molar-refractivity contribution in [1.82, 2.24) is 15.1 Å². The third kappa shape index (κ3) is 2.86. The average Bonchev–Trinajstić information content (AvgIpc) is 2.76. The first-order valence-corrected chi connectivity index (χ1v) is 8.17. The lowest BCUT2D eigenvalue weighted by molar-refractivity contribution is 0.116. The highest BCUT2D eigenvalue weighted by atomic mass is 15.2. The molecule has 2 unspecified atom stereocenters. The molecule has 3 N–H and O–H groups in total. The van der Waals surface area contributed by atoms with E-state index in [-0.39, 0.29) is 0 Å². The summed E-state index contributed by atoms with van der Waals surface area (Å²) >= 11 is 0. The molecule has 0 aliphatic carbocycles. The molecule has 116 valence electrons. The van der Waals surface area contributed by atoms with Crippen molar-refractivity contribution < 1.29 is 0 Å². The van der Waals surface area contributed by atoms with Gasteiger partial charge in [0.2, 0.25) is 0 Å². The van der Waals surface area contributed by atoms with Crippen LogP contribution in [0.1, 0.15) is 35.2 Å². The summed E-state index contributed by atoms with van der Waals surface area (Å²) in [6.07, 6.45) is 1.24. The normalized spacial score (nSPS) is 28.1. The molecule has 2 heterocycles. The zero-order valence-corrected chi connectivity index (χ0v) is 13.3. The molecular weight excluding hydrogens is 260 g/mol. The van der Waals surface area contributed by atoms with E-state index in [0.29, 0.717) is 18.6 Å². The summed E-state index contributed by atoms with van der Waals surface area (Å²) in [5.41, 5.74) is 10.4. The van der Waals surface area contributed by atoms with Gasteiger partial charge in [-0.1, -0.05) is 18.2 Å². The molecular formula is C17H28N4. The highest BCUT2D eigenvalue weighted by molar-refractivity contribution is 5.41. The molecule has 0 saturated carbocycles. The Labute approximate surface area is 128 Å².